The van der Waals surface area contributed by atoms with E-state index in [2.05, 4.69) is 0 Å². The summed E-state index contributed by atoms with van der Waals surface area (Å²) >= 11 is 5.81. The first kappa shape index (κ1) is 16.1. The topological polar surface area (TPSA) is 20.3 Å². The van der Waals surface area contributed by atoms with Gasteiger partial charge < -0.3 is 0 Å². The Hall–Kier alpha value is -0.860. The van der Waals surface area contributed by atoms with Gasteiger partial charge in [0.25, 0.3) is 0 Å². The quantitative estimate of drug-likeness (QED) is 0.812. The maximum Gasteiger partial charge on any atom is 0.154 e. The molecular formula is C14H22ClNO. The molecule has 3 heteroatoms. The van der Waals surface area contributed by atoms with Crippen LogP contribution in [0.25, 0.3) is 0 Å². The molecule has 0 aliphatic carbocycles. The smallest absolute Gasteiger partial charge is 0.154 e. The molecule has 1 unspecified atom stereocenters. The zero-order valence-corrected chi connectivity index (χ0v) is 12.1. The Morgan fingerprint density at radius 2 is 1.71 bits per heavy atom. The third kappa shape index (κ3) is 4.88. The molecule has 0 aliphatic heterocycles. The highest BCUT2D eigenvalue weighted by molar-refractivity contribution is 6.30. The van der Waals surface area contributed by atoms with Gasteiger partial charge in [-0.05, 0) is 31.8 Å². The van der Waals surface area contributed by atoms with Crippen LogP contribution in [0.1, 0.15) is 38.8 Å². The summed E-state index contributed by atoms with van der Waals surface area (Å²) in [5.41, 5.74) is 0.997. The van der Waals surface area contributed by atoms with Gasteiger partial charge in [-0.3, -0.25) is 9.69 Å². The lowest BCUT2D eigenvalue weighted by atomic mass is 10.0. The Morgan fingerprint density at radius 1 is 1.24 bits per heavy atom. The summed E-state index contributed by atoms with van der Waals surface area (Å²) in [4.78, 5) is 13.7. The number of nitrogens with zero attached hydrogens (tertiary/aromatic N) is 1. The first-order valence-electron chi connectivity index (χ1n) is 6.01. The van der Waals surface area contributed by atoms with Crippen molar-refractivity contribution >= 4 is 17.4 Å². The number of likely N-dealkylation sites (N-methyl/N-ethyl adjacent to an activating group) is 1. The number of ketones is 1. The van der Waals surface area contributed by atoms with E-state index in [9.17, 15) is 4.79 Å². The van der Waals surface area contributed by atoms with E-state index in [4.69, 9.17) is 11.6 Å². The van der Waals surface area contributed by atoms with Gasteiger partial charge in [0.1, 0.15) is 0 Å². The fourth-order valence-electron chi connectivity index (χ4n) is 1.61. The maximum absolute atomic E-state index is 11.8. The molecule has 0 N–H and O–H groups in total. The van der Waals surface area contributed by atoms with Gasteiger partial charge in [-0.1, -0.05) is 44.5 Å². The van der Waals surface area contributed by atoms with Gasteiger partial charge in [0.05, 0.1) is 6.04 Å². The molecule has 2 nitrogen and oxygen atoms in total. The van der Waals surface area contributed by atoms with Gasteiger partial charge in [0.2, 0.25) is 0 Å². The third-order valence-electron chi connectivity index (χ3n) is 2.36. The van der Waals surface area contributed by atoms with Gasteiger partial charge in [0, 0.05) is 11.4 Å². The number of benzene rings is 1. The zero-order valence-electron chi connectivity index (χ0n) is 11.3. The first-order chi connectivity index (χ1) is 8.06. The summed E-state index contributed by atoms with van der Waals surface area (Å²) in [5.74, 6) is 0.224. The van der Waals surface area contributed by atoms with Crippen LogP contribution in [0.3, 0.4) is 0 Å². The lowest BCUT2D eigenvalue weighted by Crippen LogP contribution is -2.27. The molecule has 0 amide bonds. The molecule has 0 fully saturated rings. The minimum Gasteiger partial charge on any atom is -0.298 e. The van der Waals surface area contributed by atoms with Crippen molar-refractivity contribution in [2.45, 2.75) is 33.2 Å². The van der Waals surface area contributed by atoms with E-state index < -0.39 is 0 Å². The zero-order chi connectivity index (χ0) is 13.4. The van der Waals surface area contributed by atoms with Crippen LogP contribution in [-0.4, -0.2) is 24.8 Å². The normalized spacial score (nSPS) is 11.7. The van der Waals surface area contributed by atoms with Gasteiger partial charge in [-0.25, -0.2) is 0 Å². The predicted octanol–water partition coefficient (Wildman–Crippen LogP) is 3.95. The summed E-state index contributed by atoms with van der Waals surface area (Å²) < 4.78 is 0. The molecule has 1 aromatic carbocycles. The van der Waals surface area contributed by atoms with Crippen molar-refractivity contribution in [3.05, 3.63) is 34.9 Å². The largest absolute Gasteiger partial charge is 0.298 e. The molecule has 1 aromatic rings. The Morgan fingerprint density at radius 3 is 2.06 bits per heavy atom. The van der Waals surface area contributed by atoms with Crippen LogP contribution in [0.4, 0.5) is 0 Å². The van der Waals surface area contributed by atoms with Crippen LogP contribution in [-0.2, 0) is 4.79 Å². The predicted molar refractivity (Wildman–Crippen MR) is 74.5 cm³/mol. The molecule has 0 saturated carbocycles. The summed E-state index contributed by atoms with van der Waals surface area (Å²) in [6.45, 7) is 5.88. The highest BCUT2D eigenvalue weighted by Crippen LogP contribution is 2.22. The monoisotopic (exact) mass is 255 g/mol. The minimum atomic E-state index is -0.160. The molecule has 0 aliphatic rings. The van der Waals surface area contributed by atoms with E-state index in [-0.39, 0.29) is 11.8 Å². The molecule has 17 heavy (non-hydrogen) atoms. The number of halogens is 1. The van der Waals surface area contributed by atoms with Crippen molar-refractivity contribution in [1.82, 2.24) is 4.90 Å². The lowest BCUT2D eigenvalue weighted by Gasteiger charge is -2.22. The van der Waals surface area contributed by atoms with E-state index in [0.717, 1.165) is 5.56 Å². The third-order valence-corrected chi connectivity index (χ3v) is 2.61. The number of rotatable bonds is 4. The van der Waals surface area contributed by atoms with Crippen LogP contribution in [0.2, 0.25) is 5.02 Å². The van der Waals surface area contributed by atoms with Crippen molar-refractivity contribution in [1.29, 1.82) is 0 Å². The maximum atomic E-state index is 11.8. The van der Waals surface area contributed by atoms with Crippen molar-refractivity contribution in [3.63, 3.8) is 0 Å². The van der Waals surface area contributed by atoms with Gasteiger partial charge in [-0.2, -0.15) is 0 Å². The van der Waals surface area contributed by atoms with Crippen LogP contribution in [0.15, 0.2) is 24.3 Å². The molecular weight excluding hydrogens is 234 g/mol. The Labute approximate surface area is 110 Å². The first-order valence-corrected chi connectivity index (χ1v) is 6.38. The Kier molecular flexibility index (Phi) is 7.85. The van der Waals surface area contributed by atoms with E-state index in [1.807, 2.05) is 64.0 Å². The second-order valence-corrected chi connectivity index (χ2v) is 4.17. The molecule has 1 atom stereocenters. The summed E-state index contributed by atoms with van der Waals surface area (Å²) in [6.07, 6.45) is 0.547. The van der Waals surface area contributed by atoms with Gasteiger partial charge >= 0.3 is 0 Å². The molecule has 0 radical (unpaired) electrons. The molecule has 0 spiro atoms. The summed E-state index contributed by atoms with van der Waals surface area (Å²) in [6, 6.07) is 7.28. The average molecular weight is 256 g/mol. The molecule has 96 valence electrons. The molecule has 0 heterocycles. The Balaban J connectivity index is 0.00000121. The molecule has 0 saturated heterocycles. The minimum absolute atomic E-state index is 0.160. The Bertz CT molecular complexity index is 333. The fraction of sp³-hybridized carbons (Fsp3) is 0.500. The number of Topliss-reactive ketones (excluding diaryl/α,β-unsaturated/α-hetero) is 1. The van der Waals surface area contributed by atoms with E-state index in [1.54, 1.807) is 0 Å². The number of hydrogen-bond acceptors (Lipinski definition) is 2. The van der Waals surface area contributed by atoms with E-state index in [1.165, 1.54) is 0 Å². The standard InChI is InChI=1S/C12H16ClNO.C2H6/c1-4-11(15)12(14(2)3)9-5-7-10(13)8-6-9;1-2/h5-8,12H,4H2,1-3H3;1-2H3. The average Bonchev–Trinajstić information content (AvgIpc) is 2.34. The highest BCUT2D eigenvalue weighted by atomic mass is 35.5. The number of carbonyl (C=O) groups is 1. The highest BCUT2D eigenvalue weighted by Gasteiger charge is 2.20. The number of hydrogen-bond donors (Lipinski definition) is 0. The van der Waals surface area contributed by atoms with Gasteiger partial charge in [0.15, 0.2) is 5.78 Å². The number of carbonyl (C=O) groups excluding carboxylic acids is 1. The lowest BCUT2D eigenvalue weighted by molar-refractivity contribution is -0.123. The summed E-state index contributed by atoms with van der Waals surface area (Å²) in [5, 5.41) is 0.695. The van der Waals surface area contributed by atoms with Crippen molar-refractivity contribution in [3.8, 4) is 0 Å². The van der Waals surface area contributed by atoms with Crippen molar-refractivity contribution < 1.29 is 4.79 Å². The second kappa shape index (κ2) is 8.26. The van der Waals surface area contributed by atoms with Crippen molar-refractivity contribution in [2.75, 3.05) is 14.1 Å². The second-order valence-electron chi connectivity index (χ2n) is 3.74. The van der Waals surface area contributed by atoms with E-state index >= 15 is 0 Å². The van der Waals surface area contributed by atoms with E-state index in [0.29, 0.717) is 11.4 Å². The molecule has 0 aromatic heterocycles. The molecule has 0 bridgehead atoms. The van der Waals surface area contributed by atoms with Crippen LogP contribution >= 0.6 is 11.6 Å². The summed E-state index contributed by atoms with van der Waals surface area (Å²) in [7, 11) is 3.82. The SMILES string of the molecule is CC.CCC(=O)C(c1ccc(Cl)cc1)N(C)C. The van der Waals surface area contributed by atoms with Gasteiger partial charge in [-0.15, -0.1) is 0 Å². The van der Waals surface area contributed by atoms with Crippen LogP contribution in [0.5, 0.6) is 0 Å². The van der Waals surface area contributed by atoms with Crippen LogP contribution in [0, 0.1) is 0 Å². The molecule has 1 rings (SSSR count). The van der Waals surface area contributed by atoms with Crippen molar-refractivity contribution in [2.24, 2.45) is 0 Å². The fourth-order valence-corrected chi connectivity index (χ4v) is 1.74. The van der Waals surface area contributed by atoms with Crippen LogP contribution < -0.4 is 0 Å².